The minimum atomic E-state index is -0.976. The van der Waals surface area contributed by atoms with Crippen LogP contribution in [0.5, 0.6) is 0 Å². The number of nitrogens with zero attached hydrogens (tertiary/aromatic N) is 2. The molecule has 100 valence electrons. The lowest BCUT2D eigenvalue weighted by Gasteiger charge is -2.07. The van der Waals surface area contributed by atoms with E-state index in [2.05, 4.69) is 4.98 Å². The number of carboxylic acids is 1. The van der Waals surface area contributed by atoms with Gasteiger partial charge in [0.05, 0.1) is 11.1 Å². The van der Waals surface area contributed by atoms with Gasteiger partial charge in [-0.1, -0.05) is 17.7 Å². The second-order valence-electron chi connectivity index (χ2n) is 4.45. The smallest absolute Gasteiger partial charge is 0.337 e. The summed E-state index contributed by atoms with van der Waals surface area (Å²) in [6.07, 6.45) is 0. The molecule has 0 aliphatic rings. The second-order valence-corrected chi connectivity index (χ2v) is 4.89. The number of aromatic carboxylic acids is 1. The van der Waals surface area contributed by atoms with E-state index >= 15 is 0 Å². The van der Waals surface area contributed by atoms with Gasteiger partial charge in [0, 0.05) is 10.7 Å². The molecule has 1 N–H and O–H groups in total. The summed E-state index contributed by atoms with van der Waals surface area (Å²) in [6.45, 7) is 1.85. The molecule has 0 fully saturated rings. The van der Waals surface area contributed by atoms with Crippen molar-refractivity contribution in [2.45, 2.75) is 6.92 Å². The summed E-state index contributed by atoms with van der Waals surface area (Å²) in [5, 5.41) is 9.88. The van der Waals surface area contributed by atoms with E-state index in [1.165, 1.54) is 0 Å². The number of benzene rings is 2. The van der Waals surface area contributed by atoms with Crippen molar-refractivity contribution in [2.75, 3.05) is 0 Å². The average molecular weight is 287 g/mol. The Morgan fingerprint density at radius 2 is 1.90 bits per heavy atom. The molecule has 0 atom stereocenters. The Morgan fingerprint density at radius 1 is 1.20 bits per heavy atom. The van der Waals surface area contributed by atoms with Gasteiger partial charge in [-0.05, 0) is 43.3 Å². The number of halogens is 1. The molecule has 0 radical (unpaired) electrons. The van der Waals surface area contributed by atoms with E-state index < -0.39 is 5.97 Å². The van der Waals surface area contributed by atoms with Crippen molar-refractivity contribution in [2.24, 2.45) is 0 Å². The number of hydrogen-bond acceptors (Lipinski definition) is 2. The van der Waals surface area contributed by atoms with E-state index in [4.69, 9.17) is 11.6 Å². The quantitative estimate of drug-likeness (QED) is 0.782. The molecule has 3 aromatic rings. The number of carboxylic acid groups (broad SMARTS) is 1. The molecule has 0 aliphatic carbocycles. The number of aryl methyl sites for hydroxylation is 1. The first-order chi connectivity index (χ1) is 9.58. The summed E-state index contributed by atoms with van der Waals surface area (Å²) < 4.78 is 1.91. The SMILES string of the molecule is Cc1nc2c(C(=O)O)cccc2n1-c1ccc(Cl)cc1. The fourth-order valence-electron chi connectivity index (χ4n) is 2.30. The molecule has 0 unspecified atom stereocenters. The van der Waals surface area contributed by atoms with Crippen LogP contribution in [0, 0.1) is 6.92 Å². The van der Waals surface area contributed by atoms with Crippen LogP contribution < -0.4 is 0 Å². The monoisotopic (exact) mass is 286 g/mol. The zero-order valence-electron chi connectivity index (χ0n) is 10.7. The van der Waals surface area contributed by atoms with Crippen LogP contribution in [0.4, 0.5) is 0 Å². The summed E-state index contributed by atoms with van der Waals surface area (Å²) in [7, 11) is 0. The molecule has 2 aromatic carbocycles. The molecule has 0 saturated carbocycles. The summed E-state index contributed by atoms with van der Waals surface area (Å²) in [5.74, 6) is -0.243. The maximum atomic E-state index is 11.2. The largest absolute Gasteiger partial charge is 0.478 e. The van der Waals surface area contributed by atoms with E-state index in [-0.39, 0.29) is 5.56 Å². The third kappa shape index (κ3) is 1.94. The highest BCUT2D eigenvalue weighted by atomic mass is 35.5. The Morgan fingerprint density at radius 3 is 2.55 bits per heavy atom. The molecule has 0 saturated heterocycles. The van der Waals surface area contributed by atoms with Crippen LogP contribution in [-0.4, -0.2) is 20.6 Å². The van der Waals surface area contributed by atoms with E-state index in [9.17, 15) is 9.90 Å². The topological polar surface area (TPSA) is 55.1 Å². The number of rotatable bonds is 2. The number of imidazole rings is 1. The van der Waals surface area contributed by atoms with Crippen LogP contribution in [0.25, 0.3) is 16.7 Å². The average Bonchev–Trinajstić information content (AvgIpc) is 2.75. The highest BCUT2D eigenvalue weighted by molar-refractivity contribution is 6.30. The summed E-state index contributed by atoms with van der Waals surface area (Å²) >= 11 is 5.90. The zero-order chi connectivity index (χ0) is 14.3. The highest BCUT2D eigenvalue weighted by Crippen LogP contribution is 2.24. The standard InChI is InChI=1S/C15H11ClN2O2/c1-9-17-14-12(15(19)20)3-2-4-13(14)18(9)11-7-5-10(16)6-8-11/h2-8H,1H3,(H,19,20). The van der Waals surface area contributed by atoms with Gasteiger partial charge in [-0.3, -0.25) is 4.57 Å². The van der Waals surface area contributed by atoms with Gasteiger partial charge in [0.1, 0.15) is 11.3 Å². The van der Waals surface area contributed by atoms with Crippen molar-refractivity contribution in [1.82, 2.24) is 9.55 Å². The Bertz CT molecular complexity index is 807. The predicted octanol–water partition coefficient (Wildman–Crippen LogP) is 3.69. The lowest BCUT2D eigenvalue weighted by molar-refractivity contribution is 0.0699. The molecule has 3 rings (SSSR count). The third-order valence-corrected chi connectivity index (χ3v) is 3.42. The third-order valence-electron chi connectivity index (χ3n) is 3.17. The zero-order valence-corrected chi connectivity index (χ0v) is 11.4. The van der Waals surface area contributed by atoms with E-state index in [1.54, 1.807) is 24.3 Å². The maximum Gasteiger partial charge on any atom is 0.337 e. The van der Waals surface area contributed by atoms with Crippen LogP contribution in [0.3, 0.4) is 0 Å². The summed E-state index contributed by atoms with van der Waals surface area (Å²) in [4.78, 5) is 15.6. The van der Waals surface area contributed by atoms with Crippen LogP contribution >= 0.6 is 11.6 Å². The van der Waals surface area contributed by atoms with Crippen molar-refractivity contribution in [3.8, 4) is 5.69 Å². The minimum absolute atomic E-state index is 0.207. The first-order valence-electron chi connectivity index (χ1n) is 6.05. The predicted molar refractivity (Wildman–Crippen MR) is 77.8 cm³/mol. The Hall–Kier alpha value is -2.33. The molecule has 0 bridgehead atoms. The number of fused-ring (bicyclic) bond motifs is 1. The van der Waals surface area contributed by atoms with E-state index in [0.717, 1.165) is 17.0 Å². The van der Waals surface area contributed by atoms with Crippen LogP contribution in [0.2, 0.25) is 5.02 Å². The number of para-hydroxylation sites is 1. The number of aromatic nitrogens is 2. The fourth-order valence-corrected chi connectivity index (χ4v) is 2.43. The van der Waals surface area contributed by atoms with Gasteiger partial charge in [0.15, 0.2) is 0 Å². The second kappa shape index (κ2) is 4.65. The molecular weight excluding hydrogens is 276 g/mol. The normalized spacial score (nSPS) is 10.9. The molecule has 5 heteroatoms. The Kier molecular flexibility index (Phi) is 2.95. The minimum Gasteiger partial charge on any atom is -0.478 e. The molecular formula is C15H11ClN2O2. The van der Waals surface area contributed by atoms with Crippen molar-refractivity contribution in [1.29, 1.82) is 0 Å². The fraction of sp³-hybridized carbons (Fsp3) is 0.0667. The summed E-state index contributed by atoms with van der Waals surface area (Å²) in [5.41, 5.74) is 2.37. The van der Waals surface area contributed by atoms with Gasteiger partial charge in [-0.15, -0.1) is 0 Å². The van der Waals surface area contributed by atoms with Crippen molar-refractivity contribution in [3.63, 3.8) is 0 Å². The molecule has 0 spiro atoms. The Labute approximate surface area is 120 Å². The first-order valence-corrected chi connectivity index (χ1v) is 6.43. The van der Waals surface area contributed by atoms with Gasteiger partial charge in [-0.25, -0.2) is 9.78 Å². The van der Waals surface area contributed by atoms with Gasteiger partial charge < -0.3 is 5.11 Å². The van der Waals surface area contributed by atoms with Crippen LogP contribution in [0.15, 0.2) is 42.5 Å². The molecule has 20 heavy (non-hydrogen) atoms. The van der Waals surface area contributed by atoms with Crippen molar-refractivity contribution < 1.29 is 9.90 Å². The molecule has 1 aromatic heterocycles. The van der Waals surface area contributed by atoms with Gasteiger partial charge >= 0.3 is 5.97 Å². The molecule has 0 amide bonds. The van der Waals surface area contributed by atoms with Gasteiger partial charge in [0.2, 0.25) is 0 Å². The van der Waals surface area contributed by atoms with Gasteiger partial charge in [0.25, 0.3) is 0 Å². The van der Waals surface area contributed by atoms with Crippen LogP contribution in [0.1, 0.15) is 16.2 Å². The van der Waals surface area contributed by atoms with Gasteiger partial charge in [-0.2, -0.15) is 0 Å². The Balaban J connectivity index is 2.31. The number of carbonyl (C=O) groups is 1. The van der Waals surface area contributed by atoms with E-state index in [1.807, 2.05) is 29.7 Å². The summed E-state index contributed by atoms with van der Waals surface area (Å²) in [6, 6.07) is 12.5. The van der Waals surface area contributed by atoms with Crippen LogP contribution in [-0.2, 0) is 0 Å². The number of hydrogen-bond donors (Lipinski definition) is 1. The lowest BCUT2D eigenvalue weighted by Crippen LogP contribution is -1.98. The molecule has 4 nitrogen and oxygen atoms in total. The highest BCUT2D eigenvalue weighted by Gasteiger charge is 2.15. The molecule has 0 aliphatic heterocycles. The maximum absolute atomic E-state index is 11.2. The van der Waals surface area contributed by atoms with Crippen molar-refractivity contribution in [3.05, 3.63) is 58.9 Å². The van der Waals surface area contributed by atoms with Crippen molar-refractivity contribution >= 4 is 28.6 Å². The molecule has 1 heterocycles. The van der Waals surface area contributed by atoms with E-state index in [0.29, 0.717) is 10.5 Å². The first kappa shape index (κ1) is 12.7. The lowest BCUT2D eigenvalue weighted by atomic mass is 10.2.